The van der Waals surface area contributed by atoms with Gasteiger partial charge in [-0.2, -0.15) is 0 Å². The minimum Gasteiger partial charge on any atom is -0.382 e. The lowest BCUT2D eigenvalue weighted by molar-refractivity contribution is 0.0207. The van der Waals surface area contributed by atoms with Gasteiger partial charge in [0.05, 0.1) is 19.3 Å². The summed E-state index contributed by atoms with van der Waals surface area (Å²) in [7, 11) is 1.64. The van der Waals surface area contributed by atoms with Crippen molar-refractivity contribution in [3.05, 3.63) is 34.9 Å². The third-order valence-corrected chi connectivity index (χ3v) is 2.28. The van der Waals surface area contributed by atoms with E-state index in [0.717, 1.165) is 5.56 Å². The van der Waals surface area contributed by atoms with E-state index in [1.165, 1.54) is 0 Å². The molecule has 84 valence electrons. The van der Waals surface area contributed by atoms with Gasteiger partial charge in [-0.1, -0.05) is 23.7 Å². The van der Waals surface area contributed by atoms with Crippen molar-refractivity contribution < 1.29 is 9.47 Å². The Hall–Kier alpha value is -0.610. The second-order valence-corrected chi connectivity index (χ2v) is 3.58. The van der Waals surface area contributed by atoms with E-state index in [1.54, 1.807) is 7.11 Å². The highest BCUT2D eigenvalue weighted by Crippen LogP contribution is 2.19. The third kappa shape index (κ3) is 4.18. The SMILES string of the molecule is COCCOC(CN)c1cccc(Cl)c1. The topological polar surface area (TPSA) is 44.5 Å². The quantitative estimate of drug-likeness (QED) is 0.759. The first kappa shape index (κ1) is 12.5. The van der Waals surface area contributed by atoms with Crippen LogP contribution in [0.3, 0.4) is 0 Å². The predicted molar refractivity (Wildman–Crippen MR) is 61.1 cm³/mol. The van der Waals surface area contributed by atoms with Crippen LogP contribution < -0.4 is 5.73 Å². The van der Waals surface area contributed by atoms with Gasteiger partial charge in [-0.25, -0.2) is 0 Å². The van der Waals surface area contributed by atoms with Gasteiger partial charge in [0.1, 0.15) is 0 Å². The molecule has 1 rings (SSSR count). The van der Waals surface area contributed by atoms with Gasteiger partial charge in [0, 0.05) is 18.7 Å². The first-order chi connectivity index (χ1) is 7.27. The van der Waals surface area contributed by atoms with E-state index < -0.39 is 0 Å². The Kier molecular flexibility index (Phi) is 5.65. The van der Waals surface area contributed by atoms with Crippen molar-refractivity contribution in [1.29, 1.82) is 0 Å². The second kappa shape index (κ2) is 6.80. The minimum absolute atomic E-state index is 0.112. The van der Waals surface area contributed by atoms with Gasteiger partial charge in [0.15, 0.2) is 0 Å². The molecule has 0 spiro atoms. The summed E-state index contributed by atoms with van der Waals surface area (Å²) in [6.07, 6.45) is -0.112. The summed E-state index contributed by atoms with van der Waals surface area (Å²) in [4.78, 5) is 0. The van der Waals surface area contributed by atoms with E-state index in [0.29, 0.717) is 24.8 Å². The fourth-order valence-electron chi connectivity index (χ4n) is 1.28. The van der Waals surface area contributed by atoms with Gasteiger partial charge in [-0.15, -0.1) is 0 Å². The molecule has 1 aromatic rings. The number of rotatable bonds is 6. The minimum atomic E-state index is -0.112. The lowest BCUT2D eigenvalue weighted by Crippen LogP contribution is -2.17. The molecule has 0 heterocycles. The Morgan fingerprint density at radius 1 is 1.40 bits per heavy atom. The Labute approximate surface area is 95.1 Å². The average molecular weight is 230 g/mol. The van der Waals surface area contributed by atoms with Crippen LogP contribution in [0.15, 0.2) is 24.3 Å². The number of hydrogen-bond acceptors (Lipinski definition) is 3. The maximum atomic E-state index is 5.89. The summed E-state index contributed by atoms with van der Waals surface area (Å²) in [5.74, 6) is 0. The van der Waals surface area contributed by atoms with Crippen LogP contribution in [0, 0.1) is 0 Å². The normalized spacial score (nSPS) is 12.7. The van der Waals surface area contributed by atoms with Crippen molar-refractivity contribution in [1.82, 2.24) is 0 Å². The molecule has 4 heteroatoms. The highest BCUT2D eigenvalue weighted by atomic mass is 35.5. The van der Waals surface area contributed by atoms with E-state index in [4.69, 9.17) is 26.8 Å². The van der Waals surface area contributed by atoms with Crippen LogP contribution in [0.4, 0.5) is 0 Å². The van der Waals surface area contributed by atoms with Gasteiger partial charge in [0.25, 0.3) is 0 Å². The number of ether oxygens (including phenoxy) is 2. The largest absolute Gasteiger partial charge is 0.382 e. The lowest BCUT2D eigenvalue weighted by atomic mass is 10.1. The monoisotopic (exact) mass is 229 g/mol. The summed E-state index contributed by atoms with van der Waals surface area (Å²) in [5, 5.41) is 0.696. The first-order valence-corrected chi connectivity index (χ1v) is 5.21. The molecular weight excluding hydrogens is 214 g/mol. The molecule has 0 radical (unpaired) electrons. The summed E-state index contributed by atoms with van der Waals surface area (Å²) >= 11 is 5.89. The van der Waals surface area contributed by atoms with Gasteiger partial charge in [0.2, 0.25) is 0 Å². The summed E-state index contributed by atoms with van der Waals surface area (Å²) < 4.78 is 10.5. The van der Waals surface area contributed by atoms with E-state index in [1.807, 2.05) is 24.3 Å². The van der Waals surface area contributed by atoms with Crippen molar-refractivity contribution >= 4 is 11.6 Å². The third-order valence-electron chi connectivity index (χ3n) is 2.04. The maximum absolute atomic E-state index is 5.89. The molecule has 1 atom stereocenters. The van der Waals surface area contributed by atoms with E-state index in [-0.39, 0.29) is 6.10 Å². The van der Waals surface area contributed by atoms with E-state index >= 15 is 0 Å². The molecule has 3 nitrogen and oxygen atoms in total. The molecule has 1 aromatic carbocycles. The van der Waals surface area contributed by atoms with E-state index in [2.05, 4.69) is 0 Å². The zero-order chi connectivity index (χ0) is 11.1. The molecule has 0 saturated heterocycles. The van der Waals surface area contributed by atoms with Crippen LogP contribution in [-0.2, 0) is 9.47 Å². The van der Waals surface area contributed by atoms with Crippen LogP contribution in [0.2, 0.25) is 5.02 Å². The molecule has 0 aliphatic heterocycles. The summed E-state index contributed by atoms with van der Waals surface area (Å²) in [5.41, 5.74) is 6.63. The Morgan fingerprint density at radius 3 is 2.80 bits per heavy atom. The molecule has 15 heavy (non-hydrogen) atoms. The van der Waals surface area contributed by atoms with Crippen molar-refractivity contribution in [2.45, 2.75) is 6.10 Å². The Balaban J connectivity index is 2.57. The molecular formula is C11H16ClNO2. The molecule has 0 aliphatic carbocycles. The second-order valence-electron chi connectivity index (χ2n) is 3.14. The van der Waals surface area contributed by atoms with Gasteiger partial charge in [-0.05, 0) is 17.7 Å². The molecule has 0 saturated carbocycles. The fourth-order valence-corrected chi connectivity index (χ4v) is 1.48. The highest BCUT2D eigenvalue weighted by Gasteiger charge is 2.09. The van der Waals surface area contributed by atoms with Crippen molar-refractivity contribution in [2.75, 3.05) is 26.9 Å². The highest BCUT2D eigenvalue weighted by molar-refractivity contribution is 6.30. The molecule has 0 bridgehead atoms. The van der Waals surface area contributed by atoms with Crippen LogP contribution in [0.5, 0.6) is 0 Å². The summed E-state index contributed by atoms with van der Waals surface area (Å²) in [6, 6.07) is 7.54. The predicted octanol–water partition coefficient (Wildman–Crippen LogP) is 2.00. The molecule has 2 N–H and O–H groups in total. The number of benzene rings is 1. The smallest absolute Gasteiger partial charge is 0.0948 e. The Bertz CT molecular complexity index is 294. The standard InChI is InChI=1S/C11H16ClNO2/c1-14-5-6-15-11(8-13)9-3-2-4-10(12)7-9/h2-4,7,11H,5-6,8,13H2,1H3. The maximum Gasteiger partial charge on any atom is 0.0948 e. The molecule has 0 aromatic heterocycles. The van der Waals surface area contributed by atoms with Crippen LogP contribution in [-0.4, -0.2) is 26.9 Å². The van der Waals surface area contributed by atoms with Crippen LogP contribution >= 0.6 is 11.6 Å². The molecule has 0 amide bonds. The molecule has 0 aliphatic rings. The number of halogens is 1. The number of nitrogens with two attached hydrogens (primary N) is 1. The zero-order valence-electron chi connectivity index (χ0n) is 8.78. The zero-order valence-corrected chi connectivity index (χ0v) is 9.54. The Morgan fingerprint density at radius 2 is 2.20 bits per heavy atom. The molecule has 0 fully saturated rings. The molecule has 1 unspecified atom stereocenters. The van der Waals surface area contributed by atoms with E-state index in [9.17, 15) is 0 Å². The van der Waals surface area contributed by atoms with Crippen molar-refractivity contribution in [2.24, 2.45) is 5.73 Å². The number of hydrogen-bond donors (Lipinski definition) is 1. The lowest BCUT2D eigenvalue weighted by Gasteiger charge is -2.16. The van der Waals surface area contributed by atoms with Crippen molar-refractivity contribution in [3.63, 3.8) is 0 Å². The van der Waals surface area contributed by atoms with Gasteiger partial charge < -0.3 is 15.2 Å². The number of methoxy groups -OCH3 is 1. The van der Waals surface area contributed by atoms with Crippen molar-refractivity contribution in [3.8, 4) is 0 Å². The average Bonchev–Trinajstić information content (AvgIpc) is 2.24. The van der Waals surface area contributed by atoms with Gasteiger partial charge in [-0.3, -0.25) is 0 Å². The van der Waals surface area contributed by atoms with Crippen LogP contribution in [0.1, 0.15) is 11.7 Å². The van der Waals surface area contributed by atoms with Gasteiger partial charge >= 0.3 is 0 Å². The van der Waals surface area contributed by atoms with Crippen LogP contribution in [0.25, 0.3) is 0 Å². The first-order valence-electron chi connectivity index (χ1n) is 4.84. The fraction of sp³-hybridized carbons (Fsp3) is 0.455. The summed E-state index contributed by atoms with van der Waals surface area (Å²) in [6.45, 7) is 1.53.